The van der Waals surface area contributed by atoms with Crippen molar-refractivity contribution in [2.75, 3.05) is 20.1 Å². The van der Waals surface area contributed by atoms with E-state index in [9.17, 15) is 0 Å². The number of hydrogen-bond donors (Lipinski definition) is 0. The van der Waals surface area contributed by atoms with Gasteiger partial charge < -0.3 is 4.90 Å². The third kappa shape index (κ3) is 7.41. The minimum atomic E-state index is 0.909. The Kier molecular flexibility index (Phi) is 10.8. The van der Waals surface area contributed by atoms with Crippen molar-refractivity contribution in [1.29, 1.82) is 0 Å². The van der Waals surface area contributed by atoms with Gasteiger partial charge in [-0.15, -0.1) is 0 Å². The molecule has 0 aromatic carbocycles. The van der Waals surface area contributed by atoms with Gasteiger partial charge in [-0.1, -0.05) is 60.3 Å². The van der Waals surface area contributed by atoms with Gasteiger partial charge in [-0.3, -0.25) is 0 Å². The average Bonchev–Trinajstić information content (AvgIpc) is 2.37. The smallest absolute Gasteiger partial charge is 0.000649 e. The van der Waals surface area contributed by atoms with Crippen LogP contribution in [0.2, 0.25) is 0 Å². The molecule has 0 aliphatic carbocycles. The first-order valence-electron chi connectivity index (χ1n) is 8.27. The van der Waals surface area contributed by atoms with E-state index in [4.69, 9.17) is 0 Å². The summed E-state index contributed by atoms with van der Waals surface area (Å²) < 4.78 is 0. The Morgan fingerprint density at radius 1 is 0.889 bits per heavy atom. The van der Waals surface area contributed by atoms with Crippen molar-refractivity contribution in [1.82, 2.24) is 4.90 Å². The molecule has 2 unspecified atom stereocenters. The molecule has 0 saturated heterocycles. The van der Waals surface area contributed by atoms with E-state index in [1.807, 2.05) is 0 Å². The van der Waals surface area contributed by atoms with E-state index in [1.165, 1.54) is 51.6 Å². The van der Waals surface area contributed by atoms with Crippen molar-refractivity contribution in [3.05, 3.63) is 0 Å². The largest absolute Gasteiger partial charge is 0.306 e. The molecular weight excluding hydrogens is 218 g/mol. The molecule has 0 N–H and O–H groups in total. The van der Waals surface area contributed by atoms with Gasteiger partial charge >= 0.3 is 0 Å². The fourth-order valence-electron chi connectivity index (χ4n) is 3.13. The van der Waals surface area contributed by atoms with Gasteiger partial charge in [0.1, 0.15) is 0 Å². The molecule has 0 rings (SSSR count). The number of nitrogens with zero attached hydrogens (tertiary/aromatic N) is 1. The van der Waals surface area contributed by atoms with Gasteiger partial charge in [0, 0.05) is 6.54 Å². The molecule has 0 aromatic rings. The second-order valence-electron chi connectivity index (χ2n) is 6.14. The van der Waals surface area contributed by atoms with Crippen LogP contribution in [0.5, 0.6) is 0 Å². The summed E-state index contributed by atoms with van der Waals surface area (Å²) in [6, 6.07) is 0. The molecule has 1 nitrogen and oxygen atoms in total. The second kappa shape index (κ2) is 10.8. The van der Waals surface area contributed by atoms with Crippen LogP contribution in [0.4, 0.5) is 0 Å². The number of rotatable bonds is 11. The van der Waals surface area contributed by atoms with E-state index in [0.29, 0.717) is 0 Å². The fraction of sp³-hybridized carbons (Fsp3) is 1.00. The Morgan fingerprint density at radius 2 is 1.50 bits per heavy atom. The molecule has 0 heterocycles. The molecule has 110 valence electrons. The zero-order valence-electron chi connectivity index (χ0n) is 13.8. The maximum Gasteiger partial charge on any atom is 0.000649 e. The van der Waals surface area contributed by atoms with Crippen LogP contribution in [-0.2, 0) is 0 Å². The Hall–Kier alpha value is -0.0400. The van der Waals surface area contributed by atoms with E-state index in [1.54, 1.807) is 0 Å². The Balaban J connectivity index is 4.08. The monoisotopic (exact) mass is 255 g/mol. The standard InChI is InChI=1S/C17H37N/c1-7-11-16(14-18(6)10-4)13-12-15(5)17(8-2)9-3/h15-17H,7-14H2,1-6H3. The highest BCUT2D eigenvalue weighted by Gasteiger charge is 2.16. The zero-order valence-corrected chi connectivity index (χ0v) is 13.8. The van der Waals surface area contributed by atoms with Gasteiger partial charge in [0.05, 0.1) is 0 Å². The molecule has 0 aromatic heterocycles. The van der Waals surface area contributed by atoms with Crippen LogP contribution in [0.15, 0.2) is 0 Å². The van der Waals surface area contributed by atoms with Crippen molar-refractivity contribution in [2.45, 2.75) is 73.1 Å². The first kappa shape index (κ1) is 18.0. The van der Waals surface area contributed by atoms with Crippen molar-refractivity contribution in [3.63, 3.8) is 0 Å². The van der Waals surface area contributed by atoms with Crippen molar-refractivity contribution in [3.8, 4) is 0 Å². The molecular formula is C17H37N. The van der Waals surface area contributed by atoms with E-state index in [2.05, 4.69) is 46.6 Å². The third-order valence-electron chi connectivity index (χ3n) is 4.69. The SMILES string of the molecule is CCCC(CCC(C)C(CC)CC)CN(C)CC. The summed E-state index contributed by atoms with van der Waals surface area (Å²) >= 11 is 0. The Labute approximate surface area is 116 Å². The highest BCUT2D eigenvalue weighted by molar-refractivity contribution is 4.69. The van der Waals surface area contributed by atoms with Gasteiger partial charge in [-0.25, -0.2) is 0 Å². The van der Waals surface area contributed by atoms with E-state index in [-0.39, 0.29) is 0 Å². The summed E-state index contributed by atoms with van der Waals surface area (Å²) in [7, 11) is 2.26. The highest BCUT2D eigenvalue weighted by atomic mass is 15.1. The van der Waals surface area contributed by atoms with Crippen LogP contribution < -0.4 is 0 Å². The molecule has 0 aliphatic heterocycles. The molecule has 2 atom stereocenters. The van der Waals surface area contributed by atoms with Crippen LogP contribution in [0, 0.1) is 17.8 Å². The van der Waals surface area contributed by atoms with E-state index < -0.39 is 0 Å². The first-order chi connectivity index (χ1) is 8.58. The minimum absolute atomic E-state index is 0.909. The van der Waals surface area contributed by atoms with Crippen LogP contribution in [0.1, 0.15) is 73.1 Å². The van der Waals surface area contributed by atoms with Gasteiger partial charge in [0.2, 0.25) is 0 Å². The lowest BCUT2D eigenvalue weighted by Crippen LogP contribution is -2.26. The summed E-state index contributed by atoms with van der Waals surface area (Å²) in [6.07, 6.45) is 8.29. The third-order valence-corrected chi connectivity index (χ3v) is 4.69. The maximum absolute atomic E-state index is 2.47. The minimum Gasteiger partial charge on any atom is -0.306 e. The van der Waals surface area contributed by atoms with Gasteiger partial charge in [0.25, 0.3) is 0 Å². The molecule has 0 bridgehead atoms. The predicted molar refractivity (Wildman–Crippen MR) is 84.0 cm³/mol. The molecule has 0 fully saturated rings. The van der Waals surface area contributed by atoms with Crippen LogP contribution in [0.25, 0.3) is 0 Å². The summed E-state index contributed by atoms with van der Waals surface area (Å²) in [6.45, 7) is 14.2. The fourth-order valence-corrected chi connectivity index (χ4v) is 3.13. The quantitative estimate of drug-likeness (QED) is 0.490. The molecule has 0 amide bonds. The predicted octanol–water partition coefficient (Wildman–Crippen LogP) is 5.21. The molecule has 0 radical (unpaired) electrons. The molecule has 0 saturated carbocycles. The summed E-state index contributed by atoms with van der Waals surface area (Å²) in [5, 5.41) is 0. The lowest BCUT2D eigenvalue weighted by atomic mass is 9.83. The first-order valence-corrected chi connectivity index (χ1v) is 8.27. The zero-order chi connectivity index (χ0) is 14.0. The summed E-state index contributed by atoms with van der Waals surface area (Å²) in [5.74, 6) is 2.76. The normalized spacial score (nSPS) is 15.3. The van der Waals surface area contributed by atoms with Crippen molar-refractivity contribution < 1.29 is 0 Å². The van der Waals surface area contributed by atoms with E-state index in [0.717, 1.165) is 17.8 Å². The van der Waals surface area contributed by atoms with E-state index >= 15 is 0 Å². The lowest BCUT2D eigenvalue weighted by molar-refractivity contribution is 0.236. The van der Waals surface area contributed by atoms with Crippen molar-refractivity contribution in [2.24, 2.45) is 17.8 Å². The summed E-state index contributed by atoms with van der Waals surface area (Å²) in [4.78, 5) is 2.47. The topological polar surface area (TPSA) is 3.24 Å². The second-order valence-corrected chi connectivity index (χ2v) is 6.14. The Morgan fingerprint density at radius 3 is 1.94 bits per heavy atom. The molecule has 1 heteroatoms. The Bertz CT molecular complexity index is 174. The molecule has 0 spiro atoms. The van der Waals surface area contributed by atoms with Gasteiger partial charge in [-0.05, 0) is 44.2 Å². The maximum atomic E-state index is 2.47. The lowest BCUT2D eigenvalue weighted by Gasteiger charge is -2.26. The van der Waals surface area contributed by atoms with Crippen LogP contribution in [-0.4, -0.2) is 25.0 Å². The van der Waals surface area contributed by atoms with Crippen LogP contribution in [0.3, 0.4) is 0 Å². The molecule has 18 heavy (non-hydrogen) atoms. The van der Waals surface area contributed by atoms with Crippen molar-refractivity contribution >= 4 is 0 Å². The van der Waals surface area contributed by atoms with Gasteiger partial charge in [0.15, 0.2) is 0 Å². The summed E-state index contributed by atoms with van der Waals surface area (Å²) in [5.41, 5.74) is 0. The van der Waals surface area contributed by atoms with Crippen LogP contribution >= 0.6 is 0 Å². The number of hydrogen-bond acceptors (Lipinski definition) is 1. The molecule has 0 aliphatic rings. The average molecular weight is 255 g/mol. The highest BCUT2D eigenvalue weighted by Crippen LogP contribution is 2.26. The van der Waals surface area contributed by atoms with Gasteiger partial charge in [-0.2, -0.15) is 0 Å².